The molecule has 7 nitrogen and oxygen atoms in total. The second-order valence-electron chi connectivity index (χ2n) is 7.80. The minimum Gasteiger partial charge on any atom is -0.495 e. The predicted molar refractivity (Wildman–Crippen MR) is 133 cm³/mol. The summed E-state index contributed by atoms with van der Waals surface area (Å²) in [6, 6.07) is 5.68. The molecule has 1 aliphatic rings. The molecule has 1 fully saturated rings. The molecule has 8 heteroatoms. The van der Waals surface area contributed by atoms with Crippen LogP contribution in [0.15, 0.2) is 23.2 Å². The zero-order valence-corrected chi connectivity index (χ0v) is 20.8. The minimum absolute atomic E-state index is 0. The molecule has 2 rings (SSSR count). The maximum Gasteiger partial charge on any atom is 0.221 e. The van der Waals surface area contributed by atoms with E-state index in [0.717, 1.165) is 43.9 Å². The van der Waals surface area contributed by atoms with E-state index in [9.17, 15) is 9.90 Å². The topological polar surface area (TPSA) is 95.0 Å². The first-order valence-electron chi connectivity index (χ1n) is 10.6. The van der Waals surface area contributed by atoms with Crippen LogP contribution in [-0.2, 0) is 11.3 Å². The summed E-state index contributed by atoms with van der Waals surface area (Å²) in [6.07, 6.45) is 6.88. The van der Waals surface area contributed by atoms with E-state index in [4.69, 9.17) is 9.73 Å². The van der Waals surface area contributed by atoms with Gasteiger partial charge < -0.3 is 25.8 Å². The van der Waals surface area contributed by atoms with Gasteiger partial charge in [0.15, 0.2) is 5.96 Å². The van der Waals surface area contributed by atoms with Crippen LogP contribution in [0.1, 0.15) is 57.9 Å². The lowest BCUT2D eigenvalue weighted by molar-refractivity contribution is -0.114. The van der Waals surface area contributed by atoms with E-state index in [1.54, 1.807) is 7.11 Å². The molecule has 1 amide bonds. The molecule has 0 unspecified atom stereocenters. The molecule has 0 aliphatic heterocycles. The van der Waals surface area contributed by atoms with Gasteiger partial charge in [-0.1, -0.05) is 25.3 Å². The molecule has 4 N–H and O–H groups in total. The van der Waals surface area contributed by atoms with Gasteiger partial charge in [0.2, 0.25) is 5.91 Å². The fraction of sp³-hybridized carbons (Fsp3) is 0.636. The van der Waals surface area contributed by atoms with Gasteiger partial charge in [-0.3, -0.25) is 4.79 Å². The number of ether oxygens (including phenoxy) is 1. The number of aliphatic hydroxyl groups excluding tert-OH is 1. The summed E-state index contributed by atoms with van der Waals surface area (Å²) in [5, 5.41) is 19.1. The Kier molecular flexibility index (Phi) is 12.1. The van der Waals surface area contributed by atoms with Crippen LogP contribution >= 0.6 is 24.0 Å². The van der Waals surface area contributed by atoms with Crippen molar-refractivity contribution in [2.75, 3.05) is 32.1 Å². The van der Waals surface area contributed by atoms with Crippen molar-refractivity contribution in [2.24, 2.45) is 10.4 Å². The summed E-state index contributed by atoms with van der Waals surface area (Å²) >= 11 is 0. The molecule has 0 radical (unpaired) electrons. The van der Waals surface area contributed by atoms with Gasteiger partial charge in [0.25, 0.3) is 0 Å². The van der Waals surface area contributed by atoms with Gasteiger partial charge in [-0.15, -0.1) is 24.0 Å². The third kappa shape index (κ3) is 8.29. The Balaban J connectivity index is 0.00000450. The number of rotatable bonds is 9. The Labute approximate surface area is 197 Å². The van der Waals surface area contributed by atoms with Crippen LogP contribution in [0.25, 0.3) is 0 Å². The molecule has 1 aromatic rings. The minimum atomic E-state index is -0.138. The number of halogens is 1. The molecule has 170 valence electrons. The highest BCUT2D eigenvalue weighted by Crippen LogP contribution is 2.38. The molecule has 0 bridgehead atoms. The number of hydrogen-bond donors (Lipinski definition) is 4. The van der Waals surface area contributed by atoms with Crippen LogP contribution in [0, 0.1) is 5.41 Å². The third-order valence-electron chi connectivity index (χ3n) is 5.53. The molecule has 0 atom stereocenters. The molecule has 0 spiro atoms. The molecule has 1 aromatic carbocycles. The highest BCUT2D eigenvalue weighted by Gasteiger charge is 2.31. The van der Waals surface area contributed by atoms with Crippen molar-refractivity contribution < 1.29 is 14.6 Å². The van der Waals surface area contributed by atoms with E-state index in [0.29, 0.717) is 18.0 Å². The molecule has 0 heterocycles. The standard InChI is InChI=1S/C22H36N4O3.HI/c1-4-23-21(25-16-22(12-13-27)10-6-5-7-11-22)24-15-18-8-9-20(29-3)19(14-18)26-17(2)28;/h8-9,14,27H,4-7,10-13,15-16H2,1-3H3,(H,26,28)(H2,23,24,25);1H. The molecule has 1 aliphatic carbocycles. The van der Waals surface area contributed by atoms with Crippen LogP contribution in [0.3, 0.4) is 0 Å². The second-order valence-corrected chi connectivity index (χ2v) is 7.80. The lowest BCUT2D eigenvalue weighted by atomic mass is 9.72. The summed E-state index contributed by atoms with van der Waals surface area (Å²) < 4.78 is 5.31. The Hall–Kier alpha value is -1.55. The van der Waals surface area contributed by atoms with E-state index in [1.807, 2.05) is 25.1 Å². The van der Waals surface area contributed by atoms with Crippen LogP contribution < -0.4 is 20.7 Å². The largest absolute Gasteiger partial charge is 0.495 e. The maximum absolute atomic E-state index is 11.4. The Morgan fingerprint density at radius 1 is 1.23 bits per heavy atom. The first-order valence-corrected chi connectivity index (χ1v) is 10.6. The fourth-order valence-corrected chi connectivity index (χ4v) is 3.98. The van der Waals surface area contributed by atoms with E-state index in [2.05, 4.69) is 16.0 Å². The number of carbonyl (C=O) groups excluding carboxylic acids is 1. The first kappa shape index (κ1) is 26.5. The zero-order chi connectivity index (χ0) is 21.1. The molecule has 30 heavy (non-hydrogen) atoms. The predicted octanol–water partition coefficient (Wildman–Crippen LogP) is 3.66. The smallest absolute Gasteiger partial charge is 0.221 e. The van der Waals surface area contributed by atoms with Crippen LogP contribution in [-0.4, -0.2) is 43.8 Å². The second kappa shape index (κ2) is 13.7. The number of benzene rings is 1. The highest BCUT2D eigenvalue weighted by molar-refractivity contribution is 14.0. The van der Waals surface area contributed by atoms with E-state index < -0.39 is 0 Å². The number of nitrogens with one attached hydrogen (secondary N) is 3. The first-order chi connectivity index (χ1) is 14.0. The molecule has 1 saturated carbocycles. The maximum atomic E-state index is 11.4. The van der Waals surface area contributed by atoms with Gasteiger partial charge in [0.1, 0.15) is 5.75 Å². The quantitative estimate of drug-likeness (QED) is 0.221. The summed E-state index contributed by atoms with van der Waals surface area (Å²) in [5.74, 6) is 1.26. The lowest BCUT2D eigenvalue weighted by Gasteiger charge is -2.37. The average molecular weight is 532 g/mol. The zero-order valence-electron chi connectivity index (χ0n) is 18.4. The van der Waals surface area contributed by atoms with Gasteiger partial charge >= 0.3 is 0 Å². The normalized spacial score (nSPS) is 15.7. The van der Waals surface area contributed by atoms with E-state index >= 15 is 0 Å². The number of carbonyl (C=O) groups is 1. The van der Waals surface area contributed by atoms with Crippen molar-refractivity contribution >= 4 is 41.5 Å². The van der Waals surface area contributed by atoms with E-state index in [1.165, 1.54) is 26.2 Å². The van der Waals surface area contributed by atoms with Crippen LogP contribution in [0.2, 0.25) is 0 Å². The number of amides is 1. The van der Waals surface area contributed by atoms with Crippen molar-refractivity contribution in [1.29, 1.82) is 0 Å². The number of aliphatic imine (C=N–C) groups is 1. The average Bonchev–Trinajstić information content (AvgIpc) is 2.71. The number of anilines is 1. The van der Waals surface area contributed by atoms with Gasteiger partial charge in [-0.2, -0.15) is 0 Å². The van der Waals surface area contributed by atoms with Crippen molar-refractivity contribution in [1.82, 2.24) is 10.6 Å². The fourth-order valence-electron chi connectivity index (χ4n) is 3.98. The van der Waals surface area contributed by atoms with Gasteiger partial charge in [0.05, 0.1) is 19.3 Å². The molecular weight excluding hydrogens is 495 g/mol. The summed E-state index contributed by atoms with van der Waals surface area (Å²) in [6.45, 7) is 5.83. The van der Waals surface area contributed by atoms with E-state index in [-0.39, 0.29) is 41.9 Å². The Morgan fingerprint density at radius 2 is 1.97 bits per heavy atom. The van der Waals surface area contributed by atoms with Crippen LogP contribution in [0.5, 0.6) is 5.75 Å². The molecule has 0 saturated heterocycles. The molecular formula is C22H37IN4O3. The summed E-state index contributed by atoms with van der Waals surface area (Å²) in [7, 11) is 1.58. The van der Waals surface area contributed by atoms with Gasteiger partial charge in [-0.05, 0) is 49.3 Å². The number of hydrogen-bond acceptors (Lipinski definition) is 4. The number of aliphatic hydroxyl groups is 1. The third-order valence-corrected chi connectivity index (χ3v) is 5.53. The van der Waals surface area contributed by atoms with Crippen molar-refractivity contribution in [3.8, 4) is 5.75 Å². The summed E-state index contributed by atoms with van der Waals surface area (Å²) in [4.78, 5) is 16.1. The Bertz CT molecular complexity index is 685. The number of guanidine groups is 1. The monoisotopic (exact) mass is 532 g/mol. The van der Waals surface area contributed by atoms with Gasteiger partial charge in [0, 0.05) is 26.6 Å². The number of methoxy groups -OCH3 is 1. The van der Waals surface area contributed by atoms with Crippen molar-refractivity contribution in [3.63, 3.8) is 0 Å². The summed E-state index contributed by atoms with van der Waals surface area (Å²) in [5.41, 5.74) is 1.78. The van der Waals surface area contributed by atoms with Gasteiger partial charge in [-0.25, -0.2) is 4.99 Å². The highest BCUT2D eigenvalue weighted by atomic mass is 127. The van der Waals surface area contributed by atoms with Crippen molar-refractivity contribution in [2.45, 2.75) is 58.9 Å². The SMILES string of the molecule is CCNC(=NCc1ccc(OC)c(NC(C)=O)c1)NCC1(CCO)CCCCC1.I. The number of nitrogens with zero attached hydrogens (tertiary/aromatic N) is 1. The lowest BCUT2D eigenvalue weighted by Crippen LogP contribution is -2.44. The molecule has 0 aromatic heterocycles. The Morgan fingerprint density at radius 3 is 2.57 bits per heavy atom. The van der Waals surface area contributed by atoms with Crippen LogP contribution in [0.4, 0.5) is 5.69 Å². The van der Waals surface area contributed by atoms with Crippen molar-refractivity contribution in [3.05, 3.63) is 23.8 Å².